The molecule has 2 rings (SSSR count). The average molecular weight is 228 g/mol. The Kier molecular flexibility index (Phi) is 3.09. The lowest BCUT2D eigenvalue weighted by Crippen LogP contribution is -2.03. The second kappa shape index (κ2) is 4.53. The Labute approximate surface area is 101 Å². The number of carbonyl (C=O) groups excluding carboxylic acids is 1. The number of aromatic nitrogens is 2. The third-order valence-corrected chi connectivity index (χ3v) is 2.80. The summed E-state index contributed by atoms with van der Waals surface area (Å²) in [6.45, 7) is 5.82. The van der Waals surface area contributed by atoms with E-state index in [4.69, 9.17) is 0 Å². The molecular formula is C14H16N2O. The largest absolute Gasteiger partial charge is 0.294 e. The van der Waals surface area contributed by atoms with Crippen LogP contribution in [0.3, 0.4) is 0 Å². The van der Waals surface area contributed by atoms with Gasteiger partial charge in [-0.2, -0.15) is 5.10 Å². The van der Waals surface area contributed by atoms with Crippen molar-refractivity contribution in [2.24, 2.45) is 0 Å². The lowest BCUT2D eigenvalue weighted by atomic mass is 10.1. The summed E-state index contributed by atoms with van der Waals surface area (Å²) in [5.41, 5.74) is 2.71. The molecule has 1 aromatic carbocycles. The van der Waals surface area contributed by atoms with Crippen LogP contribution in [-0.2, 0) is 0 Å². The first-order valence-electron chi connectivity index (χ1n) is 5.74. The lowest BCUT2D eigenvalue weighted by Gasteiger charge is -2.06. The highest BCUT2D eigenvalue weighted by atomic mass is 16.1. The van der Waals surface area contributed by atoms with Gasteiger partial charge >= 0.3 is 0 Å². The number of hydrogen-bond donors (Lipinski definition) is 0. The molecule has 0 amide bonds. The Bertz CT molecular complexity index is 541. The van der Waals surface area contributed by atoms with Crippen LogP contribution in [0.4, 0.5) is 0 Å². The molecule has 0 atom stereocenters. The van der Waals surface area contributed by atoms with E-state index in [9.17, 15) is 4.79 Å². The van der Waals surface area contributed by atoms with E-state index in [1.807, 2.05) is 36.7 Å². The molecule has 0 aliphatic rings. The van der Waals surface area contributed by atoms with Crippen molar-refractivity contribution < 1.29 is 4.79 Å². The van der Waals surface area contributed by atoms with Crippen molar-refractivity contribution in [2.75, 3.05) is 0 Å². The summed E-state index contributed by atoms with van der Waals surface area (Å²) in [7, 11) is 0. The Balaban J connectivity index is 2.49. The fourth-order valence-electron chi connectivity index (χ4n) is 1.74. The second-order valence-electron chi connectivity index (χ2n) is 4.45. The SMILES string of the molecule is CC(=O)c1ccccc1-n1cc(C(C)C)cn1. The first-order valence-corrected chi connectivity index (χ1v) is 5.74. The number of ketones is 1. The highest BCUT2D eigenvalue weighted by Crippen LogP contribution is 2.18. The standard InChI is InChI=1S/C14H16N2O/c1-10(2)12-8-15-16(9-12)14-7-5-4-6-13(14)11(3)17/h4-10H,1-3H3. The van der Waals surface area contributed by atoms with Crippen LogP contribution in [0.5, 0.6) is 0 Å². The Morgan fingerprint density at radius 3 is 2.59 bits per heavy atom. The molecule has 3 heteroatoms. The predicted octanol–water partition coefficient (Wildman–Crippen LogP) is 3.20. The third kappa shape index (κ3) is 2.28. The minimum atomic E-state index is 0.0576. The normalized spacial score (nSPS) is 10.8. The molecule has 2 aromatic rings. The molecule has 0 bridgehead atoms. The maximum Gasteiger partial charge on any atom is 0.161 e. The number of rotatable bonds is 3. The van der Waals surface area contributed by atoms with Crippen molar-refractivity contribution in [1.82, 2.24) is 9.78 Å². The maximum absolute atomic E-state index is 11.5. The first-order chi connectivity index (χ1) is 8.09. The first kappa shape index (κ1) is 11.6. The molecule has 0 fully saturated rings. The zero-order valence-electron chi connectivity index (χ0n) is 10.3. The van der Waals surface area contributed by atoms with Crippen molar-refractivity contribution in [2.45, 2.75) is 26.7 Å². The molecule has 0 saturated carbocycles. The molecule has 0 N–H and O–H groups in total. The topological polar surface area (TPSA) is 34.9 Å². The van der Waals surface area contributed by atoms with Crippen LogP contribution in [0, 0.1) is 0 Å². The van der Waals surface area contributed by atoms with Gasteiger partial charge in [0.2, 0.25) is 0 Å². The van der Waals surface area contributed by atoms with Gasteiger partial charge < -0.3 is 0 Å². The molecule has 0 spiro atoms. The lowest BCUT2D eigenvalue weighted by molar-refractivity contribution is 0.101. The summed E-state index contributed by atoms with van der Waals surface area (Å²) in [4.78, 5) is 11.5. The van der Waals surface area contributed by atoms with Crippen molar-refractivity contribution in [3.63, 3.8) is 0 Å². The summed E-state index contributed by atoms with van der Waals surface area (Å²) in [5.74, 6) is 0.496. The van der Waals surface area contributed by atoms with Crippen LogP contribution in [-0.4, -0.2) is 15.6 Å². The summed E-state index contributed by atoms with van der Waals surface area (Å²) in [6, 6.07) is 7.52. The zero-order chi connectivity index (χ0) is 12.4. The molecule has 3 nitrogen and oxygen atoms in total. The second-order valence-corrected chi connectivity index (χ2v) is 4.45. The highest BCUT2D eigenvalue weighted by Gasteiger charge is 2.10. The number of nitrogens with zero attached hydrogens (tertiary/aromatic N) is 2. The Morgan fingerprint density at radius 2 is 2.00 bits per heavy atom. The molecule has 0 aliphatic carbocycles. The molecule has 17 heavy (non-hydrogen) atoms. The van der Waals surface area contributed by atoms with Crippen molar-refractivity contribution >= 4 is 5.78 Å². The smallest absolute Gasteiger partial charge is 0.161 e. The van der Waals surface area contributed by atoms with Gasteiger partial charge in [0.1, 0.15) is 0 Å². The van der Waals surface area contributed by atoms with E-state index in [2.05, 4.69) is 18.9 Å². The van der Waals surface area contributed by atoms with Gasteiger partial charge in [-0.05, 0) is 30.5 Å². The summed E-state index contributed by atoms with van der Waals surface area (Å²) in [5, 5.41) is 4.32. The van der Waals surface area contributed by atoms with E-state index in [1.165, 1.54) is 5.56 Å². The minimum Gasteiger partial charge on any atom is -0.294 e. The van der Waals surface area contributed by atoms with Gasteiger partial charge in [-0.1, -0.05) is 26.0 Å². The van der Waals surface area contributed by atoms with Gasteiger partial charge in [0.25, 0.3) is 0 Å². The van der Waals surface area contributed by atoms with Crippen LogP contribution in [0.2, 0.25) is 0 Å². The Hall–Kier alpha value is -1.90. The molecule has 88 valence electrons. The van der Waals surface area contributed by atoms with Gasteiger partial charge in [-0.25, -0.2) is 4.68 Å². The molecule has 0 unspecified atom stereocenters. The van der Waals surface area contributed by atoms with E-state index < -0.39 is 0 Å². The van der Waals surface area contributed by atoms with E-state index in [-0.39, 0.29) is 5.78 Å². The minimum absolute atomic E-state index is 0.0576. The summed E-state index contributed by atoms with van der Waals surface area (Å²) < 4.78 is 1.77. The van der Waals surface area contributed by atoms with Gasteiger partial charge in [0, 0.05) is 11.8 Å². The van der Waals surface area contributed by atoms with E-state index in [0.717, 1.165) is 5.69 Å². The summed E-state index contributed by atoms with van der Waals surface area (Å²) in [6.07, 6.45) is 3.83. The van der Waals surface area contributed by atoms with Gasteiger partial charge in [-0.15, -0.1) is 0 Å². The summed E-state index contributed by atoms with van der Waals surface area (Å²) >= 11 is 0. The molecule has 0 radical (unpaired) electrons. The zero-order valence-corrected chi connectivity index (χ0v) is 10.3. The molecule has 1 aromatic heterocycles. The van der Waals surface area contributed by atoms with Gasteiger partial charge in [0.15, 0.2) is 5.78 Å². The van der Waals surface area contributed by atoms with Gasteiger partial charge in [0.05, 0.1) is 11.9 Å². The van der Waals surface area contributed by atoms with Crippen LogP contribution in [0.1, 0.15) is 42.6 Å². The number of carbonyl (C=O) groups is 1. The number of hydrogen-bond acceptors (Lipinski definition) is 2. The van der Waals surface area contributed by atoms with Crippen molar-refractivity contribution in [3.05, 3.63) is 47.8 Å². The highest BCUT2D eigenvalue weighted by molar-refractivity contribution is 5.97. The molecule has 0 aliphatic heterocycles. The maximum atomic E-state index is 11.5. The number of Topliss-reactive ketones (excluding diaryl/α,β-unsaturated/α-hetero) is 1. The van der Waals surface area contributed by atoms with E-state index >= 15 is 0 Å². The van der Waals surface area contributed by atoms with Crippen LogP contribution >= 0.6 is 0 Å². The van der Waals surface area contributed by atoms with Crippen LogP contribution in [0.25, 0.3) is 5.69 Å². The van der Waals surface area contributed by atoms with E-state index in [1.54, 1.807) is 11.6 Å². The van der Waals surface area contributed by atoms with Gasteiger partial charge in [-0.3, -0.25) is 4.79 Å². The quantitative estimate of drug-likeness (QED) is 0.756. The molecule has 0 saturated heterocycles. The predicted molar refractivity (Wildman–Crippen MR) is 67.7 cm³/mol. The third-order valence-electron chi connectivity index (χ3n) is 2.80. The number of benzene rings is 1. The van der Waals surface area contributed by atoms with Crippen LogP contribution < -0.4 is 0 Å². The fourth-order valence-corrected chi connectivity index (χ4v) is 1.74. The average Bonchev–Trinajstić information content (AvgIpc) is 2.78. The van der Waals surface area contributed by atoms with Crippen LogP contribution in [0.15, 0.2) is 36.7 Å². The van der Waals surface area contributed by atoms with Crippen molar-refractivity contribution in [3.8, 4) is 5.69 Å². The Morgan fingerprint density at radius 1 is 1.29 bits per heavy atom. The molecular weight excluding hydrogens is 212 g/mol. The fraction of sp³-hybridized carbons (Fsp3) is 0.286. The monoisotopic (exact) mass is 228 g/mol. The van der Waals surface area contributed by atoms with E-state index in [0.29, 0.717) is 11.5 Å². The van der Waals surface area contributed by atoms with Crippen molar-refractivity contribution in [1.29, 1.82) is 0 Å². The number of para-hydroxylation sites is 1. The molecule has 1 heterocycles.